The topological polar surface area (TPSA) is 57.0 Å². The van der Waals surface area contributed by atoms with Crippen molar-refractivity contribution in [1.82, 2.24) is 5.32 Å². The third-order valence-electron chi connectivity index (χ3n) is 4.85. The highest BCUT2D eigenvalue weighted by Gasteiger charge is 2.24. The van der Waals surface area contributed by atoms with Gasteiger partial charge in [0.1, 0.15) is 5.75 Å². The van der Waals surface area contributed by atoms with Gasteiger partial charge < -0.3 is 20.2 Å². The van der Waals surface area contributed by atoms with Crippen molar-refractivity contribution in [2.24, 2.45) is 0 Å². The summed E-state index contributed by atoms with van der Waals surface area (Å²) in [6.07, 6.45) is 0. The van der Waals surface area contributed by atoms with Crippen LogP contribution in [0, 0.1) is 0 Å². The Kier molecular flexibility index (Phi) is 6.16. The molecular formula is C20H25BrN3O2+. The molecule has 1 aliphatic rings. The van der Waals surface area contributed by atoms with E-state index < -0.39 is 0 Å². The van der Waals surface area contributed by atoms with Gasteiger partial charge in [0.15, 0.2) is 6.54 Å². The summed E-state index contributed by atoms with van der Waals surface area (Å²) in [5.41, 5.74) is 1.96. The second kappa shape index (κ2) is 8.56. The number of aromatic hydroxyl groups is 1. The van der Waals surface area contributed by atoms with Crippen LogP contribution in [0.3, 0.4) is 0 Å². The maximum Gasteiger partial charge on any atom is 0.275 e. The summed E-state index contributed by atoms with van der Waals surface area (Å²) in [6.45, 7) is 5.91. The summed E-state index contributed by atoms with van der Waals surface area (Å²) in [7, 11) is 0. The van der Waals surface area contributed by atoms with Gasteiger partial charge in [0.05, 0.1) is 37.9 Å². The van der Waals surface area contributed by atoms with E-state index in [1.807, 2.05) is 49.4 Å². The summed E-state index contributed by atoms with van der Waals surface area (Å²) in [6, 6.07) is 15.3. The van der Waals surface area contributed by atoms with E-state index in [9.17, 15) is 9.90 Å². The van der Waals surface area contributed by atoms with Crippen LogP contribution >= 0.6 is 15.9 Å². The number of amides is 1. The molecule has 0 aromatic heterocycles. The molecule has 6 heteroatoms. The summed E-state index contributed by atoms with van der Waals surface area (Å²) >= 11 is 3.54. The molecule has 1 fully saturated rings. The number of hydrogen-bond donors (Lipinski definition) is 3. The second-order valence-electron chi connectivity index (χ2n) is 6.71. The van der Waals surface area contributed by atoms with Crippen molar-refractivity contribution in [3.8, 4) is 5.75 Å². The second-order valence-corrected chi connectivity index (χ2v) is 7.57. The lowest BCUT2D eigenvalue weighted by atomic mass is 10.1. The SMILES string of the molecule is C[C@@H](NC(=O)C[NH+]1CCN(c2ccccc2O)CC1)c1ccccc1Br. The predicted octanol–water partition coefficient (Wildman–Crippen LogP) is 1.74. The largest absolute Gasteiger partial charge is 0.506 e. The number of carbonyl (C=O) groups excluding carboxylic acids is 1. The molecule has 3 rings (SSSR count). The predicted molar refractivity (Wildman–Crippen MR) is 107 cm³/mol. The number of nitrogens with one attached hydrogen (secondary N) is 2. The van der Waals surface area contributed by atoms with Crippen LogP contribution in [-0.4, -0.2) is 43.7 Å². The molecule has 0 spiro atoms. The van der Waals surface area contributed by atoms with Gasteiger partial charge >= 0.3 is 0 Å². The van der Waals surface area contributed by atoms with Gasteiger partial charge in [-0.25, -0.2) is 0 Å². The molecule has 1 heterocycles. The van der Waals surface area contributed by atoms with Crippen molar-refractivity contribution in [1.29, 1.82) is 0 Å². The number of nitrogens with zero attached hydrogens (tertiary/aromatic N) is 1. The number of carbonyl (C=O) groups is 1. The Morgan fingerprint density at radius 1 is 1.19 bits per heavy atom. The molecule has 5 nitrogen and oxygen atoms in total. The lowest BCUT2D eigenvalue weighted by Gasteiger charge is -2.33. The van der Waals surface area contributed by atoms with Crippen molar-refractivity contribution in [3.63, 3.8) is 0 Å². The van der Waals surface area contributed by atoms with Crippen LogP contribution in [-0.2, 0) is 4.79 Å². The average molecular weight is 419 g/mol. The van der Waals surface area contributed by atoms with Crippen LogP contribution in [0.5, 0.6) is 5.75 Å². The minimum atomic E-state index is -0.0278. The van der Waals surface area contributed by atoms with Gasteiger partial charge in [-0.2, -0.15) is 0 Å². The lowest BCUT2D eigenvalue weighted by Crippen LogP contribution is -3.15. The first-order valence-electron chi connectivity index (χ1n) is 8.95. The molecule has 0 saturated carbocycles. The van der Waals surface area contributed by atoms with Crippen molar-refractivity contribution >= 4 is 27.5 Å². The number of phenols is 1. The number of quaternary nitrogens is 1. The van der Waals surface area contributed by atoms with Gasteiger partial charge in [0.25, 0.3) is 5.91 Å². The number of hydrogen-bond acceptors (Lipinski definition) is 3. The third-order valence-corrected chi connectivity index (χ3v) is 5.57. The fourth-order valence-electron chi connectivity index (χ4n) is 3.40. The standard InChI is InChI=1S/C20H24BrN3O2/c1-15(16-6-2-3-7-17(16)21)22-20(26)14-23-10-12-24(13-11-23)18-8-4-5-9-19(18)25/h2-9,15,25H,10-14H2,1H3,(H,22,26)/p+1/t15-/m1/s1. The minimum absolute atomic E-state index is 0.0278. The molecular weight excluding hydrogens is 394 g/mol. The highest BCUT2D eigenvalue weighted by molar-refractivity contribution is 9.10. The fraction of sp³-hybridized carbons (Fsp3) is 0.350. The number of anilines is 1. The third kappa shape index (κ3) is 4.56. The number of rotatable bonds is 5. The van der Waals surface area contributed by atoms with Crippen molar-refractivity contribution < 1.29 is 14.8 Å². The Balaban J connectivity index is 1.49. The highest BCUT2D eigenvalue weighted by atomic mass is 79.9. The molecule has 0 aliphatic carbocycles. The molecule has 1 saturated heterocycles. The van der Waals surface area contributed by atoms with Gasteiger partial charge in [0.2, 0.25) is 0 Å². The van der Waals surface area contributed by atoms with Crippen LogP contribution < -0.4 is 15.1 Å². The van der Waals surface area contributed by atoms with Gasteiger partial charge in [-0.1, -0.05) is 46.3 Å². The molecule has 138 valence electrons. The number of benzene rings is 2. The van der Waals surface area contributed by atoms with Crippen LogP contribution in [0.4, 0.5) is 5.69 Å². The molecule has 2 aromatic carbocycles. The molecule has 2 aromatic rings. The van der Waals surface area contributed by atoms with Crippen molar-refractivity contribution in [2.75, 3.05) is 37.6 Å². The Hall–Kier alpha value is -2.05. The smallest absolute Gasteiger partial charge is 0.275 e. The van der Waals surface area contributed by atoms with Crippen LogP contribution in [0.2, 0.25) is 0 Å². The van der Waals surface area contributed by atoms with Gasteiger partial charge in [-0.3, -0.25) is 4.79 Å². The first-order chi connectivity index (χ1) is 12.5. The van der Waals surface area contributed by atoms with E-state index in [-0.39, 0.29) is 11.9 Å². The van der Waals surface area contributed by atoms with Crippen molar-refractivity contribution in [2.45, 2.75) is 13.0 Å². The van der Waals surface area contributed by atoms with Gasteiger partial charge in [-0.05, 0) is 30.7 Å². The lowest BCUT2D eigenvalue weighted by molar-refractivity contribution is -0.892. The Bertz CT molecular complexity index is 760. The van der Waals surface area contributed by atoms with E-state index in [0.717, 1.165) is 41.9 Å². The zero-order valence-electron chi connectivity index (χ0n) is 14.9. The molecule has 3 N–H and O–H groups in total. The number of piperazine rings is 1. The molecule has 0 unspecified atom stereocenters. The van der Waals surface area contributed by atoms with E-state index in [1.54, 1.807) is 6.07 Å². The summed E-state index contributed by atoms with van der Waals surface area (Å²) in [5.74, 6) is 0.384. The van der Waals surface area contributed by atoms with E-state index >= 15 is 0 Å². The first kappa shape index (κ1) is 18.7. The highest BCUT2D eigenvalue weighted by Crippen LogP contribution is 2.26. The quantitative estimate of drug-likeness (QED) is 0.692. The number of halogens is 1. The van der Waals surface area contributed by atoms with Crippen molar-refractivity contribution in [3.05, 3.63) is 58.6 Å². The maximum absolute atomic E-state index is 12.4. The molecule has 1 aliphatic heterocycles. The Morgan fingerprint density at radius 3 is 2.54 bits per heavy atom. The van der Waals surface area contributed by atoms with Crippen LogP contribution in [0.1, 0.15) is 18.5 Å². The van der Waals surface area contributed by atoms with Crippen LogP contribution in [0.25, 0.3) is 0 Å². The van der Waals surface area contributed by atoms with E-state index in [1.165, 1.54) is 4.90 Å². The maximum atomic E-state index is 12.4. The average Bonchev–Trinajstić information content (AvgIpc) is 2.63. The van der Waals surface area contributed by atoms with E-state index in [2.05, 4.69) is 26.1 Å². The number of para-hydroxylation sites is 2. The molecule has 1 amide bonds. The van der Waals surface area contributed by atoms with E-state index in [0.29, 0.717) is 12.3 Å². The first-order valence-corrected chi connectivity index (χ1v) is 9.74. The summed E-state index contributed by atoms with van der Waals surface area (Å²) in [5, 5.41) is 13.1. The summed E-state index contributed by atoms with van der Waals surface area (Å²) in [4.78, 5) is 15.9. The normalized spacial score (nSPS) is 16.3. The Labute approximate surface area is 162 Å². The zero-order chi connectivity index (χ0) is 18.5. The summed E-state index contributed by atoms with van der Waals surface area (Å²) < 4.78 is 1.01. The zero-order valence-corrected chi connectivity index (χ0v) is 16.5. The van der Waals surface area contributed by atoms with Gasteiger partial charge in [-0.15, -0.1) is 0 Å². The monoisotopic (exact) mass is 418 g/mol. The Morgan fingerprint density at radius 2 is 1.85 bits per heavy atom. The minimum Gasteiger partial charge on any atom is -0.506 e. The molecule has 26 heavy (non-hydrogen) atoms. The van der Waals surface area contributed by atoms with Crippen LogP contribution in [0.15, 0.2) is 53.0 Å². The molecule has 0 radical (unpaired) electrons. The van der Waals surface area contributed by atoms with E-state index in [4.69, 9.17) is 0 Å². The molecule has 0 bridgehead atoms. The number of phenolic OH excluding ortho intramolecular Hbond substituents is 1. The fourth-order valence-corrected chi connectivity index (χ4v) is 4.02. The molecule has 1 atom stereocenters. The van der Waals surface area contributed by atoms with Gasteiger partial charge in [0, 0.05) is 4.47 Å².